The largest absolute Gasteiger partial charge is 0.418 e. The number of rotatable bonds is 3. The summed E-state index contributed by atoms with van der Waals surface area (Å²) in [7, 11) is 0. The van der Waals surface area contributed by atoms with Gasteiger partial charge in [0.1, 0.15) is 0 Å². The molecule has 0 atom stereocenters. The minimum atomic E-state index is -4.48. The predicted molar refractivity (Wildman–Crippen MR) is 82.9 cm³/mol. The van der Waals surface area contributed by atoms with E-state index in [4.69, 9.17) is 23.2 Å². The molecule has 7 heteroatoms. The molecule has 2 rings (SSSR count). The second kappa shape index (κ2) is 6.46. The van der Waals surface area contributed by atoms with Crippen LogP contribution in [0.5, 0.6) is 0 Å². The minimum Gasteiger partial charge on any atom is -0.380 e. The number of nitrogens with one attached hydrogen (secondary N) is 1. The van der Waals surface area contributed by atoms with Gasteiger partial charge in [-0.05, 0) is 42.0 Å². The lowest BCUT2D eigenvalue weighted by molar-refractivity contribution is -0.136. The molecule has 0 saturated heterocycles. The van der Waals surface area contributed by atoms with Gasteiger partial charge in [0.25, 0.3) is 0 Å². The van der Waals surface area contributed by atoms with Gasteiger partial charge in [-0.1, -0.05) is 39.1 Å². The molecule has 0 amide bonds. The molecule has 0 spiro atoms. The Morgan fingerprint density at radius 3 is 2.43 bits per heavy atom. The summed E-state index contributed by atoms with van der Waals surface area (Å²) in [4.78, 5) is 0. The van der Waals surface area contributed by atoms with Crippen molar-refractivity contribution in [1.29, 1.82) is 0 Å². The van der Waals surface area contributed by atoms with E-state index in [1.807, 2.05) is 0 Å². The predicted octanol–water partition coefficient (Wildman–Crippen LogP) is 6.39. The SMILES string of the molecule is FC(F)(F)c1cc(Cl)ccc1NCc1cc(Br)ccc1Cl. The van der Waals surface area contributed by atoms with Crippen LogP contribution in [0.1, 0.15) is 11.1 Å². The lowest BCUT2D eigenvalue weighted by Crippen LogP contribution is -2.11. The summed E-state index contributed by atoms with van der Waals surface area (Å²) in [5.41, 5.74) is -0.154. The Bertz CT molecular complexity index is 659. The zero-order chi connectivity index (χ0) is 15.6. The van der Waals surface area contributed by atoms with Crippen molar-refractivity contribution in [3.63, 3.8) is 0 Å². The van der Waals surface area contributed by atoms with E-state index in [2.05, 4.69) is 21.2 Å². The molecular formula is C14H9BrCl2F3N. The number of halogens is 6. The molecule has 0 bridgehead atoms. The first-order valence-corrected chi connectivity index (χ1v) is 7.37. The second-order valence-electron chi connectivity index (χ2n) is 4.28. The fourth-order valence-corrected chi connectivity index (χ4v) is 2.54. The van der Waals surface area contributed by atoms with E-state index in [1.165, 1.54) is 12.1 Å². The smallest absolute Gasteiger partial charge is 0.380 e. The molecule has 0 aliphatic heterocycles. The average Bonchev–Trinajstić information content (AvgIpc) is 2.40. The fourth-order valence-electron chi connectivity index (χ4n) is 1.77. The van der Waals surface area contributed by atoms with Crippen molar-refractivity contribution in [1.82, 2.24) is 0 Å². The van der Waals surface area contributed by atoms with Gasteiger partial charge in [0.15, 0.2) is 0 Å². The Morgan fingerprint density at radius 1 is 1.05 bits per heavy atom. The van der Waals surface area contributed by atoms with Crippen molar-refractivity contribution < 1.29 is 13.2 Å². The molecule has 1 N–H and O–H groups in total. The third kappa shape index (κ3) is 4.28. The molecule has 0 radical (unpaired) electrons. The molecule has 0 unspecified atom stereocenters. The third-order valence-corrected chi connectivity index (χ3v) is 3.86. The zero-order valence-corrected chi connectivity index (χ0v) is 13.5. The first-order chi connectivity index (χ1) is 9.77. The van der Waals surface area contributed by atoms with Gasteiger partial charge in [0.2, 0.25) is 0 Å². The minimum absolute atomic E-state index is 0.0355. The highest BCUT2D eigenvalue weighted by atomic mass is 79.9. The Morgan fingerprint density at radius 2 is 1.76 bits per heavy atom. The summed E-state index contributed by atoms with van der Waals surface area (Å²) >= 11 is 14.9. The molecular weight excluding hydrogens is 390 g/mol. The Balaban J connectivity index is 2.26. The molecule has 112 valence electrons. The van der Waals surface area contributed by atoms with Crippen LogP contribution in [0, 0.1) is 0 Å². The van der Waals surface area contributed by atoms with Crippen LogP contribution in [0.25, 0.3) is 0 Å². The average molecular weight is 399 g/mol. The van der Waals surface area contributed by atoms with E-state index < -0.39 is 11.7 Å². The van der Waals surface area contributed by atoms with Crippen LogP contribution < -0.4 is 5.32 Å². The van der Waals surface area contributed by atoms with E-state index in [1.54, 1.807) is 18.2 Å². The van der Waals surface area contributed by atoms with Crippen LogP contribution >= 0.6 is 39.1 Å². The van der Waals surface area contributed by atoms with E-state index in [-0.39, 0.29) is 17.3 Å². The number of alkyl halides is 3. The molecule has 0 heterocycles. The van der Waals surface area contributed by atoms with Crippen LogP contribution in [-0.4, -0.2) is 0 Å². The molecule has 0 fully saturated rings. The van der Waals surface area contributed by atoms with Gasteiger partial charge in [0.05, 0.1) is 5.56 Å². The van der Waals surface area contributed by atoms with E-state index >= 15 is 0 Å². The summed E-state index contributed by atoms with van der Waals surface area (Å²) < 4.78 is 39.7. The number of hydrogen-bond acceptors (Lipinski definition) is 1. The van der Waals surface area contributed by atoms with E-state index in [0.29, 0.717) is 10.6 Å². The first kappa shape index (κ1) is 16.5. The quantitative estimate of drug-likeness (QED) is 0.631. The van der Waals surface area contributed by atoms with Crippen LogP contribution in [0.2, 0.25) is 10.0 Å². The lowest BCUT2D eigenvalue weighted by Gasteiger charge is -2.15. The maximum Gasteiger partial charge on any atom is 0.418 e. The topological polar surface area (TPSA) is 12.0 Å². The number of hydrogen-bond donors (Lipinski definition) is 1. The van der Waals surface area contributed by atoms with E-state index in [9.17, 15) is 13.2 Å². The molecule has 2 aromatic rings. The number of anilines is 1. The van der Waals surface area contributed by atoms with Crippen molar-refractivity contribution in [2.75, 3.05) is 5.32 Å². The highest BCUT2D eigenvalue weighted by Crippen LogP contribution is 2.36. The first-order valence-electron chi connectivity index (χ1n) is 5.82. The number of benzene rings is 2. The molecule has 0 aliphatic rings. The summed E-state index contributed by atoms with van der Waals surface area (Å²) in [6, 6.07) is 8.79. The Labute approximate surface area is 138 Å². The van der Waals surface area contributed by atoms with Crippen LogP contribution in [-0.2, 0) is 12.7 Å². The Kier molecular flexibility index (Phi) is 5.07. The van der Waals surface area contributed by atoms with Gasteiger partial charge in [-0.15, -0.1) is 0 Å². The second-order valence-corrected chi connectivity index (χ2v) is 6.04. The maximum absolute atomic E-state index is 13.0. The lowest BCUT2D eigenvalue weighted by atomic mass is 10.1. The van der Waals surface area contributed by atoms with Gasteiger partial charge < -0.3 is 5.32 Å². The maximum atomic E-state index is 13.0. The molecule has 0 aliphatic carbocycles. The van der Waals surface area contributed by atoms with E-state index in [0.717, 1.165) is 10.5 Å². The molecule has 1 nitrogen and oxygen atoms in total. The standard InChI is InChI=1S/C14H9BrCl2F3N/c15-9-1-3-12(17)8(5-9)7-21-13-4-2-10(16)6-11(13)14(18,19)20/h1-6,21H,7H2. The van der Waals surface area contributed by atoms with Crippen molar-refractivity contribution in [3.8, 4) is 0 Å². The molecule has 21 heavy (non-hydrogen) atoms. The third-order valence-electron chi connectivity index (χ3n) is 2.76. The molecule has 2 aromatic carbocycles. The molecule has 0 saturated carbocycles. The van der Waals surface area contributed by atoms with Crippen LogP contribution in [0.15, 0.2) is 40.9 Å². The summed E-state index contributed by atoms with van der Waals surface area (Å²) in [6.07, 6.45) is -4.48. The summed E-state index contributed by atoms with van der Waals surface area (Å²) in [6.45, 7) is 0.170. The van der Waals surface area contributed by atoms with Gasteiger partial charge in [-0.3, -0.25) is 0 Å². The monoisotopic (exact) mass is 397 g/mol. The Hall–Kier alpha value is -0.910. The highest BCUT2D eigenvalue weighted by Gasteiger charge is 2.33. The van der Waals surface area contributed by atoms with Crippen LogP contribution in [0.4, 0.5) is 18.9 Å². The van der Waals surface area contributed by atoms with Gasteiger partial charge in [0, 0.05) is 26.8 Å². The van der Waals surface area contributed by atoms with Crippen molar-refractivity contribution in [2.45, 2.75) is 12.7 Å². The zero-order valence-electron chi connectivity index (χ0n) is 10.4. The van der Waals surface area contributed by atoms with Crippen molar-refractivity contribution in [3.05, 3.63) is 62.0 Å². The summed E-state index contributed by atoms with van der Waals surface area (Å²) in [5, 5.41) is 3.26. The van der Waals surface area contributed by atoms with Crippen LogP contribution in [0.3, 0.4) is 0 Å². The van der Waals surface area contributed by atoms with Gasteiger partial charge in [-0.2, -0.15) is 13.2 Å². The van der Waals surface area contributed by atoms with Gasteiger partial charge in [-0.25, -0.2) is 0 Å². The summed E-state index contributed by atoms with van der Waals surface area (Å²) in [5.74, 6) is 0. The van der Waals surface area contributed by atoms with Gasteiger partial charge >= 0.3 is 6.18 Å². The highest BCUT2D eigenvalue weighted by molar-refractivity contribution is 9.10. The van der Waals surface area contributed by atoms with Crippen molar-refractivity contribution >= 4 is 44.8 Å². The molecule has 0 aromatic heterocycles. The van der Waals surface area contributed by atoms with Crippen molar-refractivity contribution in [2.24, 2.45) is 0 Å². The fraction of sp³-hybridized carbons (Fsp3) is 0.143. The normalized spacial score (nSPS) is 11.5.